The zero-order chi connectivity index (χ0) is 16.8. The molecule has 124 valence electrons. The molecule has 1 aliphatic rings. The molecule has 1 aliphatic heterocycles. The molecule has 0 spiro atoms. The summed E-state index contributed by atoms with van der Waals surface area (Å²) in [6.45, 7) is 1.54. The minimum Gasteiger partial charge on any atom is -0.463 e. The maximum absolute atomic E-state index is 12.8. The molecule has 1 unspecified atom stereocenters. The van der Waals surface area contributed by atoms with E-state index in [4.69, 9.17) is 4.42 Å². The molecule has 2 aromatic heterocycles. The number of hydrogen-bond acceptors (Lipinski definition) is 2. The van der Waals surface area contributed by atoms with Crippen molar-refractivity contribution in [2.75, 3.05) is 13.1 Å². The van der Waals surface area contributed by atoms with E-state index in [9.17, 15) is 4.79 Å². The number of nitrogens with one attached hydrogen (secondary N) is 1. The summed E-state index contributed by atoms with van der Waals surface area (Å²) in [5.74, 6) is 0.433. The maximum atomic E-state index is 12.8. The number of likely N-dealkylation sites (tertiary alicyclic amines) is 1. The lowest BCUT2D eigenvalue weighted by Crippen LogP contribution is -2.28. The molecule has 3 heterocycles. The highest BCUT2D eigenvalue weighted by molar-refractivity contribution is 5.97. The first-order chi connectivity index (χ1) is 12.3. The van der Waals surface area contributed by atoms with Crippen LogP contribution in [0.4, 0.5) is 0 Å². The van der Waals surface area contributed by atoms with Crippen LogP contribution in [0.2, 0.25) is 0 Å². The molecule has 0 radical (unpaired) electrons. The number of H-pyrrole nitrogens is 1. The van der Waals surface area contributed by atoms with Crippen LogP contribution in [0, 0.1) is 0 Å². The molecule has 1 fully saturated rings. The van der Waals surface area contributed by atoms with Crippen LogP contribution in [0.5, 0.6) is 0 Å². The average Bonchev–Trinajstić information content (AvgIpc) is 3.36. The van der Waals surface area contributed by atoms with Gasteiger partial charge in [0.05, 0.1) is 11.8 Å². The summed E-state index contributed by atoms with van der Waals surface area (Å²) < 4.78 is 5.35. The lowest BCUT2D eigenvalue weighted by molar-refractivity contribution is 0.0786. The Morgan fingerprint density at radius 3 is 2.92 bits per heavy atom. The summed E-state index contributed by atoms with van der Waals surface area (Å²) in [6.07, 6.45) is 2.62. The number of carbonyl (C=O) groups is 1. The molecule has 4 nitrogen and oxygen atoms in total. The molecule has 4 aromatic rings. The molecule has 4 heteroatoms. The minimum atomic E-state index is 0.0501. The number of benzene rings is 2. The quantitative estimate of drug-likeness (QED) is 0.586. The smallest absolute Gasteiger partial charge is 0.270 e. The van der Waals surface area contributed by atoms with E-state index < -0.39 is 0 Å². The molecule has 0 saturated carbocycles. The molecular formula is C21H18N2O2. The molecule has 1 atom stereocenters. The van der Waals surface area contributed by atoms with Crippen molar-refractivity contribution >= 4 is 27.8 Å². The van der Waals surface area contributed by atoms with Gasteiger partial charge in [-0.15, -0.1) is 0 Å². The highest BCUT2D eigenvalue weighted by Crippen LogP contribution is 2.33. The fourth-order valence-corrected chi connectivity index (χ4v) is 3.94. The number of fused-ring (bicyclic) bond motifs is 2. The van der Waals surface area contributed by atoms with Crippen LogP contribution in [0.25, 0.3) is 21.9 Å². The van der Waals surface area contributed by atoms with Crippen LogP contribution >= 0.6 is 0 Å². The van der Waals surface area contributed by atoms with Crippen LogP contribution < -0.4 is 0 Å². The van der Waals surface area contributed by atoms with Crippen LogP contribution in [-0.2, 0) is 0 Å². The SMILES string of the molecule is O=C(c1cc2occc2[nH]1)N1CCC(c2cccc3ccccc23)C1. The van der Waals surface area contributed by atoms with E-state index in [1.54, 1.807) is 12.3 Å². The van der Waals surface area contributed by atoms with Crippen LogP contribution in [-0.4, -0.2) is 28.9 Å². The number of rotatable bonds is 2. The van der Waals surface area contributed by atoms with Gasteiger partial charge in [-0.05, 0) is 22.8 Å². The van der Waals surface area contributed by atoms with Crippen molar-refractivity contribution in [1.82, 2.24) is 9.88 Å². The second-order valence-corrected chi connectivity index (χ2v) is 6.69. The fourth-order valence-electron chi connectivity index (χ4n) is 3.94. The van der Waals surface area contributed by atoms with E-state index in [1.807, 2.05) is 11.0 Å². The zero-order valence-corrected chi connectivity index (χ0v) is 13.7. The van der Waals surface area contributed by atoms with Gasteiger partial charge in [-0.1, -0.05) is 42.5 Å². The summed E-state index contributed by atoms with van der Waals surface area (Å²) in [5.41, 5.74) is 3.54. The monoisotopic (exact) mass is 330 g/mol. The normalized spacial score (nSPS) is 17.6. The van der Waals surface area contributed by atoms with Gasteiger partial charge in [-0.25, -0.2) is 0 Å². The Hall–Kier alpha value is -3.01. The molecule has 25 heavy (non-hydrogen) atoms. The second-order valence-electron chi connectivity index (χ2n) is 6.69. The summed E-state index contributed by atoms with van der Waals surface area (Å²) in [6, 6.07) is 18.6. The van der Waals surface area contributed by atoms with E-state index in [1.165, 1.54) is 16.3 Å². The summed E-state index contributed by atoms with van der Waals surface area (Å²) in [5, 5.41) is 2.55. The number of aromatic nitrogens is 1. The van der Waals surface area contributed by atoms with E-state index in [0.29, 0.717) is 11.6 Å². The van der Waals surface area contributed by atoms with Gasteiger partial charge in [-0.3, -0.25) is 4.79 Å². The maximum Gasteiger partial charge on any atom is 0.270 e. The predicted molar refractivity (Wildman–Crippen MR) is 97.8 cm³/mol. The minimum absolute atomic E-state index is 0.0501. The van der Waals surface area contributed by atoms with Crippen LogP contribution in [0.15, 0.2) is 65.3 Å². The highest BCUT2D eigenvalue weighted by Gasteiger charge is 2.29. The number of furan rings is 1. The van der Waals surface area contributed by atoms with Gasteiger partial charge in [0.1, 0.15) is 5.69 Å². The van der Waals surface area contributed by atoms with Crippen molar-refractivity contribution in [1.29, 1.82) is 0 Å². The van der Waals surface area contributed by atoms with Crippen molar-refractivity contribution in [3.63, 3.8) is 0 Å². The summed E-state index contributed by atoms with van der Waals surface area (Å²) in [4.78, 5) is 17.9. The Morgan fingerprint density at radius 1 is 1.12 bits per heavy atom. The van der Waals surface area contributed by atoms with Gasteiger partial charge in [0.2, 0.25) is 0 Å². The number of amides is 1. The van der Waals surface area contributed by atoms with Gasteiger partial charge in [0.15, 0.2) is 5.58 Å². The summed E-state index contributed by atoms with van der Waals surface area (Å²) in [7, 11) is 0. The van der Waals surface area contributed by atoms with Gasteiger partial charge >= 0.3 is 0 Å². The Balaban J connectivity index is 1.42. The first-order valence-corrected chi connectivity index (χ1v) is 8.63. The third-order valence-electron chi connectivity index (χ3n) is 5.21. The number of hydrogen-bond donors (Lipinski definition) is 1. The van der Waals surface area contributed by atoms with E-state index in [0.717, 1.165) is 30.6 Å². The fraction of sp³-hybridized carbons (Fsp3) is 0.190. The molecule has 2 aromatic carbocycles. The topological polar surface area (TPSA) is 49.2 Å². The number of nitrogens with zero attached hydrogens (tertiary/aromatic N) is 1. The third-order valence-corrected chi connectivity index (χ3v) is 5.21. The molecular weight excluding hydrogens is 312 g/mol. The highest BCUT2D eigenvalue weighted by atomic mass is 16.3. The van der Waals surface area contributed by atoms with Gasteiger partial charge in [0.25, 0.3) is 5.91 Å². The van der Waals surface area contributed by atoms with E-state index in [2.05, 4.69) is 47.4 Å². The Bertz CT molecular complexity index is 1040. The van der Waals surface area contributed by atoms with Crippen LogP contribution in [0.1, 0.15) is 28.4 Å². The third kappa shape index (κ3) is 2.33. The lowest BCUT2D eigenvalue weighted by Gasteiger charge is -2.17. The van der Waals surface area contributed by atoms with E-state index in [-0.39, 0.29) is 5.91 Å². The first kappa shape index (κ1) is 14.3. The standard InChI is InChI=1S/C21H18N2O2/c24-21(19-12-20-18(22-19)9-11-25-20)23-10-8-15(13-23)17-7-3-5-14-4-1-2-6-16(14)17/h1-7,9,11-12,15,22H,8,10,13H2. The zero-order valence-electron chi connectivity index (χ0n) is 13.7. The number of carbonyl (C=O) groups excluding carboxylic acids is 1. The van der Waals surface area contributed by atoms with Gasteiger partial charge < -0.3 is 14.3 Å². The molecule has 0 aliphatic carbocycles. The summed E-state index contributed by atoms with van der Waals surface area (Å²) >= 11 is 0. The Kier molecular flexibility index (Phi) is 3.17. The Labute approximate surface area is 145 Å². The van der Waals surface area contributed by atoms with Gasteiger partial charge in [0, 0.05) is 31.1 Å². The van der Waals surface area contributed by atoms with Crippen molar-refractivity contribution in [2.24, 2.45) is 0 Å². The first-order valence-electron chi connectivity index (χ1n) is 8.63. The molecule has 1 saturated heterocycles. The lowest BCUT2D eigenvalue weighted by atomic mass is 9.93. The van der Waals surface area contributed by atoms with Crippen molar-refractivity contribution < 1.29 is 9.21 Å². The average molecular weight is 330 g/mol. The molecule has 0 bridgehead atoms. The Morgan fingerprint density at radius 2 is 2.00 bits per heavy atom. The molecule has 5 rings (SSSR count). The van der Waals surface area contributed by atoms with Crippen LogP contribution in [0.3, 0.4) is 0 Å². The van der Waals surface area contributed by atoms with Gasteiger partial charge in [-0.2, -0.15) is 0 Å². The molecule has 1 N–H and O–H groups in total. The van der Waals surface area contributed by atoms with Crippen molar-refractivity contribution in [3.8, 4) is 0 Å². The number of aromatic amines is 1. The van der Waals surface area contributed by atoms with E-state index >= 15 is 0 Å². The predicted octanol–water partition coefficient (Wildman–Crippen LogP) is 4.54. The van der Waals surface area contributed by atoms with Crippen molar-refractivity contribution in [2.45, 2.75) is 12.3 Å². The van der Waals surface area contributed by atoms with Crippen molar-refractivity contribution in [3.05, 3.63) is 72.1 Å². The second kappa shape index (κ2) is 5.52. The molecule has 1 amide bonds. The largest absolute Gasteiger partial charge is 0.463 e.